The second-order valence-corrected chi connectivity index (χ2v) is 20.2. The summed E-state index contributed by atoms with van der Waals surface area (Å²) in [6, 6.07) is 8.70. The van der Waals surface area contributed by atoms with Gasteiger partial charge in [-0.15, -0.1) is 23.5 Å². The first-order valence-corrected chi connectivity index (χ1v) is 17.9. The van der Waals surface area contributed by atoms with Crippen LogP contribution in [0.2, 0.25) is 0 Å². The molecule has 0 aliphatic rings. The van der Waals surface area contributed by atoms with E-state index >= 15 is 0 Å². The highest BCUT2D eigenvalue weighted by molar-refractivity contribution is 8.18. The number of phenolic OH excluding ortho intramolecular Hbond substituents is 1. The molecule has 0 saturated heterocycles. The smallest absolute Gasteiger partial charge is 0.307 e. The number of nitrogens with one attached hydrogen (secondary N) is 1. The number of hydrogen-bond acceptors (Lipinski definition) is 7. The lowest BCUT2D eigenvalue weighted by Gasteiger charge is -2.32. The molecule has 46 heavy (non-hydrogen) atoms. The van der Waals surface area contributed by atoms with Crippen molar-refractivity contribution >= 4 is 35.4 Å². The number of phenols is 1. The summed E-state index contributed by atoms with van der Waals surface area (Å²) in [5, 5.41) is 14.0. The van der Waals surface area contributed by atoms with Crippen LogP contribution in [0, 0.1) is 0 Å². The fourth-order valence-corrected chi connectivity index (χ4v) is 7.64. The molecule has 0 saturated carbocycles. The van der Waals surface area contributed by atoms with Crippen LogP contribution in [0.5, 0.6) is 11.5 Å². The van der Waals surface area contributed by atoms with Crippen molar-refractivity contribution in [2.45, 2.75) is 146 Å². The standard InChI is InChI=1S/C38H59NO5S2/c1-16-43-31(41)17-18-39-30(40)23-44-33-28(36(8,9)10)21-25(22-29(33)37(11,12)13)46-38(14,15)45-24-19-26(34(2,3)4)32(42)27(20-24)35(5,6)7/h19-22,42H,16-18,23H2,1-15H3,(H,39,40). The number of carbonyl (C=O) groups is 2. The van der Waals surface area contributed by atoms with E-state index in [1.165, 1.54) is 0 Å². The first-order chi connectivity index (χ1) is 20.8. The average molecular weight is 674 g/mol. The Kier molecular flexibility index (Phi) is 12.9. The number of amides is 1. The highest BCUT2D eigenvalue weighted by atomic mass is 32.2. The van der Waals surface area contributed by atoms with Gasteiger partial charge in [0.2, 0.25) is 0 Å². The van der Waals surface area contributed by atoms with Crippen molar-refractivity contribution in [3.8, 4) is 11.5 Å². The van der Waals surface area contributed by atoms with Crippen molar-refractivity contribution in [2.75, 3.05) is 19.8 Å². The van der Waals surface area contributed by atoms with E-state index < -0.39 is 0 Å². The third-order valence-electron chi connectivity index (χ3n) is 7.41. The van der Waals surface area contributed by atoms with Gasteiger partial charge in [-0.25, -0.2) is 0 Å². The minimum atomic E-state index is -0.336. The van der Waals surface area contributed by atoms with Crippen molar-refractivity contribution in [1.82, 2.24) is 5.32 Å². The van der Waals surface area contributed by atoms with Crippen molar-refractivity contribution in [3.05, 3.63) is 46.5 Å². The molecule has 6 nitrogen and oxygen atoms in total. The van der Waals surface area contributed by atoms with Gasteiger partial charge in [0.25, 0.3) is 5.91 Å². The molecule has 0 aliphatic heterocycles. The molecule has 0 bridgehead atoms. The number of hydrogen-bond donors (Lipinski definition) is 2. The zero-order valence-electron chi connectivity index (χ0n) is 31.0. The summed E-state index contributed by atoms with van der Waals surface area (Å²) in [5.41, 5.74) is 3.10. The van der Waals surface area contributed by atoms with Gasteiger partial charge >= 0.3 is 5.97 Å². The van der Waals surface area contributed by atoms with Crippen LogP contribution in [0.4, 0.5) is 0 Å². The quantitative estimate of drug-likeness (QED) is 0.140. The van der Waals surface area contributed by atoms with E-state index in [1.54, 1.807) is 30.4 Å². The molecule has 0 spiro atoms. The maximum Gasteiger partial charge on any atom is 0.307 e. The Morgan fingerprint density at radius 2 is 1.09 bits per heavy atom. The topological polar surface area (TPSA) is 84.9 Å². The fourth-order valence-electron chi connectivity index (χ4n) is 5.06. The molecular weight excluding hydrogens is 615 g/mol. The predicted octanol–water partition coefficient (Wildman–Crippen LogP) is 9.65. The summed E-state index contributed by atoms with van der Waals surface area (Å²) in [4.78, 5) is 26.6. The van der Waals surface area contributed by atoms with Crippen LogP contribution in [0.3, 0.4) is 0 Å². The van der Waals surface area contributed by atoms with E-state index in [4.69, 9.17) is 9.47 Å². The molecule has 1 amide bonds. The van der Waals surface area contributed by atoms with Gasteiger partial charge in [0, 0.05) is 38.6 Å². The number of carbonyl (C=O) groups excluding carboxylic acids is 2. The van der Waals surface area contributed by atoms with E-state index in [2.05, 4.69) is 127 Å². The molecule has 0 fully saturated rings. The summed E-state index contributed by atoms with van der Waals surface area (Å²) < 4.78 is 11.0. The van der Waals surface area contributed by atoms with Crippen LogP contribution in [0.1, 0.15) is 133 Å². The van der Waals surface area contributed by atoms with Crippen LogP contribution in [-0.4, -0.2) is 40.8 Å². The third-order valence-corrected chi connectivity index (χ3v) is 9.84. The van der Waals surface area contributed by atoms with E-state index in [9.17, 15) is 14.7 Å². The zero-order valence-corrected chi connectivity index (χ0v) is 32.7. The minimum Gasteiger partial charge on any atom is -0.507 e. The van der Waals surface area contributed by atoms with Crippen molar-refractivity contribution in [2.24, 2.45) is 0 Å². The van der Waals surface area contributed by atoms with Crippen molar-refractivity contribution < 1.29 is 24.2 Å². The lowest BCUT2D eigenvalue weighted by Crippen LogP contribution is -2.32. The Balaban J connectivity index is 2.47. The average Bonchev–Trinajstić information content (AvgIpc) is 2.85. The van der Waals surface area contributed by atoms with E-state index in [1.807, 2.05) is 0 Å². The lowest BCUT2D eigenvalue weighted by molar-refractivity contribution is -0.143. The first kappa shape index (κ1) is 39.9. The second kappa shape index (κ2) is 14.8. The number of rotatable bonds is 11. The Bertz CT molecular complexity index is 1320. The molecular formula is C38H59NO5S2. The van der Waals surface area contributed by atoms with Gasteiger partial charge < -0.3 is 19.9 Å². The molecule has 0 heterocycles. The van der Waals surface area contributed by atoms with Gasteiger partial charge in [0.1, 0.15) is 11.5 Å². The molecule has 0 unspecified atom stereocenters. The Labute approximate surface area is 287 Å². The number of benzene rings is 2. The van der Waals surface area contributed by atoms with E-state index in [0.29, 0.717) is 12.4 Å². The number of esters is 1. The summed E-state index contributed by atoms with van der Waals surface area (Å²) >= 11 is 3.61. The molecule has 8 heteroatoms. The monoisotopic (exact) mass is 673 g/mol. The summed E-state index contributed by atoms with van der Waals surface area (Å²) in [6.07, 6.45) is 0.124. The minimum absolute atomic E-state index is 0.124. The Morgan fingerprint density at radius 3 is 1.46 bits per heavy atom. The van der Waals surface area contributed by atoms with Gasteiger partial charge in [-0.1, -0.05) is 83.1 Å². The molecule has 2 aromatic rings. The number of aromatic hydroxyl groups is 1. The molecule has 258 valence electrons. The van der Waals surface area contributed by atoms with Crippen LogP contribution in [-0.2, 0) is 36.0 Å². The van der Waals surface area contributed by atoms with Gasteiger partial charge in [-0.2, -0.15) is 0 Å². The van der Waals surface area contributed by atoms with Crippen LogP contribution in [0.25, 0.3) is 0 Å². The fraction of sp³-hybridized carbons (Fsp3) is 0.632. The van der Waals surface area contributed by atoms with Gasteiger partial charge in [-0.3, -0.25) is 9.59 Å². The highest BCUT2D eigenvalue weighted by Crippen LogP contribution is 2.51. The second-order valence-electron chi connectivity index (χ2n) is 16.5. The van der Waals surface area contributed by atoms with E-state index in [-0.39, 0.29) is 57.2 Å². The maximum atomic E-state index is 12.7. The van der Waals surface area contributed by atoms with Crippen LogP contribution >= 0.6 is 23.5 Å². The lowest BCUT2D eigenvalue weighted by atomic mass is 9.79. The highest BCUT2D eigenvalue weighted by Gasteiger charge is 2.32. The normalized spacial score (nSPS) is 13.0. The van der Waals surface area contributed by atoms with Gasteiger partial charge in [-0.05, 0) is 66.7 Å². The first-order valence-electron chi connectivity index (χ1n) is 16.3. The largest absolute Gasteiger partial charge is 0.507 e. The molecule has 2 rings (SSSR count). The van der Waals surface area contributed by atoms with Crippen molar-refractivity contribution in [3.63, 3.8) is 0 Å². The predicted molar refractivity (Wildman–Crippen MR) is 195 cm³/mol. The molecule has 2 N–H and O–H groups in total. The Hall–Kier alpha value is -2.32. The third kappa shape index (κ3) is 11.4. The van der Waals surface area contributed by atoms with Crippen LogP contribution < -0.4 is 10.1 Å². The van der Waals surface area contributed by atoms with Crippen LogP contribution in [0.15, 0.2) is 34.1 Å². The zero-order chi connectivity index (χ0) is 35.5. The Morgan fingerprint density at radius 1 is 0.696 bits per heavy atom. The molecule has 0 aliphatic carbocycles. The molecule has 0 aromatic heterocycles. The molecule has 0 radical (unpaired) electrons. The van der Waals surface area contributed by atoms with Gasteiger partial charge in [0.05, 0.1) is 17.1 Å². The SMILES string of the molecule is CCOC(=O)CCNC(=O)COc1c(C(C)(C)C)cc(SC(C)(C)Sc2cc(C(C)(C)C)c(O)c(C(C)(C)C)c2)cc1C(C)(C)C. The summed E-state index contributed by atoms with van der Waals surface area (Å²) in [6.45, 7) is 32.4. The number of ether oxygens (including phenoxy) is 2. The van der Waals surface area contributed by atoms with Gasteiger partial charge in [0.15, 0.2) is 6.61 Å². The molecule has 0 atom stereocenters. The summed E-state index contributed by atoms with van der Waals surface area (Å²) in [5.74, 6) is 0.511. The van der Waals surface area contributed by atoms with Crippen molar-refractivity contribution in [1.29, 1.82) is 0 Å². The number of thioether (sulfide) groups is 2. The van der Waals surface area contributed by atoms with E-state index in [0.717, 1.165) is 37.8 Å². The molecule has 2 aromatic carbocycles. The maximum absolute atomic E-state index is 12.7. The summed E-state index contributed by atoms with van der Waals surface area (Å²) in [7, 11) is 0.